The van der Waals surface area contributed by atoms with E-state index in [1.54, 1.807) is 0 Å². The van der Waals surface area contributed by atoms with Crippen molar-refractivity contribution in [1.29, 1.82) is 0 Å². The van der Waals surface area contributed by atoms with E-state index in [1.807, 2.05) is 0 Å². The molecule has 1 rings (SSSR count). The fourth-order valence-corrected chi connectivity index (χ4v) is 1.87. The maximum atomic E-state index is 2.41. The SMILES string of the molecule is CCCCCCCCN1C=CC(C)=CC1.Cl. The van der Waals surface area contributed by atoms with E-state index in [2.05, 4.69) is 37.1 Å². The van der Waals surface area contributed by atoms with Crippen LogP contribution in [0, 0.1) is 0 Å². The first-order chi connectivity index (χ1) is 7.33. The number of hydrogen-bond donors (Lipinski definition) is 0. The smallest absolute Gasteiger partial charge is 0.0359 e. The number of hydrogen-bond acceptors (Lipinski definition) is 1. The van der Waals surface area contributed by atoms with Gasteiger partial charge in [-0.2, -0.15) is 0 Å². The topological polar surface area (TPSA) is 3.24 Å². The van der Waals surface area contributed by atoms with E-state index < -0.39 is 0 Å². The quantitative estimate of drug-likeness (QED) is 0.594. The van der Waals surface area contributed by atoms with Crippen molar-refractivity contribution in [3.05, 3.63) is 23.9 Å². The van der Waals surface area contributed by atoms with E-state index in [1.165, 1.54) is 50.6 Å². The van der Waals surface area contributed by atoms with E-state index in [0.717, 1.165) is 6.54 Å². The maximum absolute atomic E-state index is 2.41. The van der Waals surface area contributed by atoms with Gasteiger partial charge in [0.25, 0.3) is 0 Å². The number of halogens is 1. The second-order valence-electron chi connectivity index (χ2n) is 4.53. The minimum Gasteiger partial charge on any atom is -0.374 e. The lowest BCUT2D eigenvalue weighted by molar-refractivity contribution is 0.391. The molecule has 0 bridgehead atoms. The third-order valence-electron chi connectivity index (χ3n) is 2.99. The van der Waals surface area contributed by atoms with Crippen LogP contribution in [0.3, 0.4) is 0 Å². The second-order valence-corrected chi connectivity index (χ2v) is 4.53. The van der Waals surface area contributed by atoms with Gasteiger partial charge in [-0.1, -0.05) is 50.7 Å². The van der Waals surface area contributed by atoms with E-state index in [0.29, 0.717) is 0 Å². The average Bonchev–Trinajstić information content (AvgIpc) is 2.26. The normalized spacial score (nSPS) is 14.6. The molecule has 0 saturated heterocycles. The third-order valence-corrected chi connectivity index (χ3v) is 2.99. The number of nitrogens with zero attached hydrogens (tertiary/aromatic N) is 1. The molecule has 0 N–H and O–H groups in total. The van der Waals surface area contributed by atoms with Gasteiger partial charge in [0, 0.05) is 13.1 Å². The van der Waals surface area contributed by atoms with E-state index in [9.17, 15) is 0 Å². The first kappa shape index (κ1) is 15.6. The fourth-order valence-electron chi connectivity index (χ4n) is 1.87. The average molecular weight is 244 g/mol. The molecule has 2 heteroatoms. The maximum Gasteiger partial charge on any atom is 0.0359 e. The van der Waals surface area contributed by atoms with E-state index in [-0.39, 0.29) is 12.4 Å². The van der Waals surface area contributed by atoms with E-state index in [4.69, 9.17) is 0 Å². The molecule has 0 spiro atoms. The third kappa shape index (κ3) is 6.95. The molecule has 0 unspecified atom stereocenters. The number of rotatable bonds is 7. The van der Waals surface area contributed by atoms with Gasteiger partial charge in [-0.25, -0.2) is 0 Å². The Kier molecular flexibility index (Phi) is 9.51. The lowest BCUT2D eigenvalue weighted by Crippen LogP contribution is -2.20. The monoisotopic (exact) mass is 243 g/mol. The molecule has 0 aliphatic carbocycles. The van der Waals surface area contributed by atoms with Crippen molar-refractivity contribution in [3.63, 3.8) is 0 Å². The summed E-state index contributed by atoms with van der Waals surface area (Å²) in [5, 5.41) is 0. The Hall–Kier alpha value is -0.430. The Morgan fingerprint density at radius 3 is 2.44 bits per heavy atom. The summed E-state index contributed by atoms with van der Waals surface area (Å²) in [6, 6.07) is 0. The summed E-state index contributed by atoms with van der Waals surface area (Å²) in [4.78, 5) is 2.41. The van der Waals surface area contributed by atoms with Gasteiger partial charge in [0.1, 0.15) is 0 Å². The first-order valence-corrected chi connectivity index (χ1v) is 6.42. The summed E-state index contributed by atoms with van der Waals surface area (Å²) in [6.45, 7) is 6.77. The molecule has 0 aromatic rings. The summed E-state index contributed by atoms with van der Waals surface area (Å²) < 4.78 is 0. The largest absolute Gasteiger partial charge is 0.374 e. The van der Waals surface area contributed by atoms with Crippen LogP contribution >= 0.6 is 12.4 Å². The molecule has 1 heterocycles. The number of allylic oxidation sites excluding steroid dienone is 2. The Bertz CT molecular complexity index is 221. The highest BCUT2D eigenvalue weighted by Gasteiger charge is 2.01. The van der Waals surface area contributed by atoms with Crippen molar-refractivity contribution in [2.24, 2.45) is 0 Å². The van der Waals surface area contributed by atoms with Crippen LogP contribution in [0.4, 0.5) is 0 Å². The van der Waals surface area contributed by atoms with Gasteiger partial charge < -0.3 is 4.90 Å². The molecule has 1 aliphatic rings. The van der Waals surface area contributed by atoms with Crippen molar-refractivity contribution in [2.75, 3.05) is 13.1 Å². The van der Waals surface area contributed by atoms with Crippen molar-refractivity contribution in [3.8, 4) is 0 Å². The minimum absolute atomic E-state index is 0. The molecule has 0 fully saturated rings. The van der Waals surface area contributed by atoms with Crippen LogP contribution in [-0.4, -0.2) is 18.0 Å². The van der Waals surface area contributed by atoms with Crippen LogP contribution in [-0.2, 0) is 0 Å². The molecule has 0 aromatic heterocycles. The lowest BCUT2D eigenvalue weighted by Gasteiger charge is -2.21. The molecule has 16 heavy (non-hydrogen) atoms. The van der Waals surface area contributed by atoms with Gasteiger partial charge in [0.05, 0.1) is 0 Å². The zero-order valence-corrected chi connectivity index (χ0v) is 11.6. The van der Waals surface area contributed by atoms with Gasteiger partial charge in [0.15, 0.2) is 0 Å². The van der Waals surface area contributed by atoms with Crippen LogP contribution in [0.1, 0.15) is 52.4 Å². The standard InChI is InChI=1S/C14H25N.ClH/c1-3-4-5-6-7-8-11-15-12-9-14(2)10-13-15;/h9-10,12H,3-8,11,13H2,1-2H3;1H. The van der Waals surface area contributed by atoms with Crippen LogP contribution in [0.5, 0.6) is 0 Å². The van der Waals surface area contributed by atoms with Crippen molar-refractivity contribution in [2.45, 2.75) is 52.4 Å². The van der Waals surface area contributed by atoms with E-state index >= 15 is 0 Å². The molecular weight excluding hydrogens is 218 g/mol. The van der Waals surface area contributed by atoms with Crippen molar-refractivity contribution >= 4 is 12.4 Å². The molecule has 0 saturated carbocycles. The fraction of sp³-hybridized carbons (Fsp3) is 0.714. The molecular formula is C14H26ClN. The number of unbranched alkanes of at least 4 members (excludes halogenated alkanes) is 5. The first-order valence-electron chi connectivity index (χ1n) is 6.42. The summed E-state index contributed by atoms with van der Waals surface area (Å²) in [6.07, 6.45) is 15.1. The minimum atomic E-state index is 0. The van der Waals surface area contributed by atoms with Gasteiger partial charge in [-0.15, -0.1) is 12.4 Å². The molecule has 0 radical (unpaired) electrons. The lowest BCUT2D eigenvalue weighted by atomic mass is 10.1. The molecule has 1 nitrogen and oxygen atoms in total. The van der Waals surface area contributed by atoms with Crippen LogP contribution in [0.25, 0.3) is 0 Å². The van der Waals surface area contributed by atoms with Crippen molar-refractivity contribution in [1.82, 2.24) is 4.90 Å². The molecule has 0 aromatic carbocycles. The predicted molar refractivity (Wildman–Crippen MR) is 75.1 cm³/mol. The highest BCUT2D eigenvalue weighted by molar-refractivity contribution is 5.85. The Labute approximate surface area is 107 Å². The Morgan fingerprint density at radius 1 is 1.12 bits per heavy atom. The molecule has 0 amide bonds. The van der Waals surface area contributed by atoms with Crippen LogP contribution in [0.2, 0.25) is 0 Å². The highest BCUT2D eigenvalue weighted by atomic mass is 35.5. The molecule has 94 valence electrons. The zero-order valence-electron chi connectivity index (χ0n) is 10.7. The highest BCUT2D eigenvalue weighted by Crippen LogP contribution is 2.09. The Morgan fingerprint density at radius 2 is 1.81 bits per heavy atom. The van der Waals surface area contributed by atoms with Gasteiger partial charge in [-0.3, -0.25) is 0 Å². The summed E-state index contributed by atoms with van der Waals surface area (Å²) >= 11 is 0. The van der Waals surface area contributed by atoms with Crippen molar-refractivity contribution < 1.29 is 0 Å². The summed E-state index contributed by atoms with van der Waals surface area (Å²) in [7, 11) is 0. The Balaban J connectivity index is 0.00000225. The molecule has 0 atom stereocenters. The van der Waals surface area contributed by atoms with Crippen LogP contribution in [0.15, 0.2) is 23.9 Å². The van der Waals surface area contributed by atoms with Gasteiger partial charge in [0.2, 0.25) is 0 Å². The van der Waals surface area contributed by atoms with Gasteiger partial charge >= 0.3 is 0 Å². The van der Waals surface area contributed by atoms with Crippen LogP contribution < -0.4 is 0 Å². The summed E-state index contributed by atoms with van der Waals surface area (Å²) in [5.74, 6) is 0. The second kappa shape index (κ2) is 9.77. The zero-order chi connectivity index (χ0) is 10.9. The van der Waals surface area contributed by atoms with Gasteiger partial charge in [-0.05, 0) is 25.6 Å². The summed E-state index contributed by atoms with van der Waals surface area (Å²) in [5.41, 5.74) is 1.40. The predicted octanol–water partition coefficient (Wildman–Crippen LogP) is 4.54. The molecule has 1 aliphatic heterocycles.